The molecule has 1 atom stereocenters. The van der Waals surface area contributed by atoms with Gasteiger partial charge in [-0.3, -0.25) is 4.79 Å². The maximum absolute atomic E-state index is 12.7. The number of Topliss-reactive ketones (excluding diaryl/α,β-unsaturated/α-hetero) is 1. The number of fused-ring (bicyclic) bond motifs is 2. The van der Waals surface area contributed by atoms with Gasteiger partial charge in [-0.15, -0.1) is 5.10 Å². The first-order valence-corrected chi connectivity index (χ1v) is 9.20. The van der Waals surface area contributed by atoms with Crippen LogP contribution < -0.4 is 4.74 Å². The van der Waals surface area contributed by atoms with Gasteiger partial charge in [-0.1, -0.05) is 30.3 Å². The molecule has 0 fully saturated rings. The monoisotopic (exact) mass is 370 g/mol. The lowest BCUT2D eigenvalue weighted by atomic mass is 9.82. The highest BCUT2D eigenvalue weighted by Gasteiger charge is 2.28. The normalized spacial score (nSPS) is 16.2. The summed E-state index contributed by atoms with van der Waals surface area (Å²) in [5.41, 5.74) is 3.48. The van der Waals surface area contributed by atoms with Crippen LogP contribution in [0.3, 0.4) is 0 Å². The molecule has 0 saturated carbocycles. The average molecular weight is 370 g/mol. The Morgan fingerprint density at radius 3 is 2.54 bits per heavy atom. The van der Waals surface area contributed by atoms with Crippen LogP contribution in [0, 0.1) is 0 Å². The molecule has 1 aliphatic carbocycles. The zero-order valence-corrected chi connectivity index (χ0v) is 15.4. The molecule has 6 nitrogen and oxygen atoms in total. The van der Waals surface area contributed by atoms with Gasteiger partial charge >= 0.3 is 0 Å². The van der Waals surface area contributed by atoms with E-state index in [2.05, 4.69) is 27.2 Å². The Labute approximate surface area is 161 Å². The molecule has 0 bridgehead atoms. The van der Waals surface area contributed by atoms with Crippen LogP contribution in [-0.2, 0) is 6.42 Å². The molecule has 138 valence electrons. The van der Waals surface area contributed by atoms with Gasteiger partial charge in [-0.25, -0.2) is 9.50 Å². The lowest BCUT2D eigenvalue weighted by Crippen LogP contribution is -2.21. The molecule has 0 radical (unpaired) electrons. The van der Waals surface area contributed by atoms with E-state index in [4.69, 9.17) is 4.74 Å². The number of carbonyl (C=O) groups excluding carboxylic acids is 1. The Kier molecular flexibility index (Phi) is 3.90. The second kappa shape index (κ2) is 6.56. The van der Waals surface area contributed by atoms with Gasteiger partial charge in [-0.2, -0.15) is 4.98 Å². The first-order valence-electron chi connectivity index (χ1n) is 9.20. The van der Waals surface area contributed by atoms with Gasteiger partial charge < -0.3 is 4.74 Å². The number of carbonyl (C=O) groups is 1. The maximum Gasteiger partial charge on any atom is 0.252 e. The van der Waals surface area contributed by atoms with Crippen molar-refractivity contribution in [3.63, 3.8) is 0 Å². The Hall–Kier alpha value is -3.54. The zero-order valence-electron chi connectivity index (χ0n) is 15.4. The molecule has 4 aromatic rings. The van der Waals surface area contributed by atoms with Crippen molar-refractivity contribution in [2.75, 3.05) is 7.11 Å². The number of hydrogen-bond donors (Lipinski definition) is 0. The Morgan fingerprint density at radius 1 is 1.00 bits per heavy atom. The molecule has 0 unspecified atom stereocenters. The fraction of sp³-hybridized carbons (Fsp3) is 0.182. The van der Waals surface area contributed by atoms with Gasteiger partial charge in [0, 0.05) is 18.2 Å². The Bertz CT molecular complexity index is 1170. The predicted molar refractivity (Wildman–Crippen MR) is 105 cm³/mol. The van der Waals surface area contributed by atoms with E-state index in [1.165, 1.54) is 5.56 Å². The molecule has 0 amide bonds. The first-order chi connectivity index (χ1) is 13.7. The molecule has 2 aromatic carbocycles. The van der Waals surface area contributed by atoms with Crippen LogP contribution in [0.5, 0.6) is 5.75 Å². The summed E-state index contributed by atoms with van der Waals surface area (Å²) in [6.07, 6.45) is 2.98. The second-order valence-electron chi connectivity index (χ2n) is 6.95. The van der Waals surface area contributed by atoms with Crippen molar-refractivity contribution >= 4 is 11.6 Å². The number of nitrogens with zero attached hydrogens (tertiary/aromatic N) is 4. The molecular formula is C22H18N4O2. The second-order valence-corrected chi connectivity index (χ2v) is 6.95. The highest BCUT2D eigenvalue weighted by molar-refractivity contribution is 5.98. The van der Waals surface area contributed by atoms with Gasteiger partial charge in [0.2, 0.25) is 0 Å². The standard InChI is InChI=1S/C22H18N4O2/c1-28-17-9-7-15(8-10-17)21-24-22-23-19-11-16(14-5-3-2-4-6-14)12-20(27)18(19)13-26(22)25-21/h2-10,13,16H,11-12H2,1H3/t16-/m1/s1. The highest BCUT2D eigenvalue weighted by Crippen LogP contribution is 2.32. The van der Waals surface area contributed by atoms with Crippen molar-refractivity contribution in [1.82, 2.24) is 19.6 Å². The summed E-state index contributed by atoms with van der Waals surface area (Å²) in [7, 11) is 1.63. The van der Waals surface area contributed by atoms with E-state index >= 15 is 0 Å². The van der Waals surface area contributed by atoms with Crippen LogP contribution in [0.2, 0.25) is 0 Å². The molecule has 6 heteroatoms. The van der Waals surface area contributed by atoms with Crippen molar-refractivity contribution < 1.29 is 9.53 Å². The molecule has 5 rings (SSSR count). The average Bonchev–Trinajstić information content (AvgIpc) is 3.16. The van der Waals surface area contributed by atoms with Crippen molar-refractivity contribution in [3.05, 3.63) is 77.6 Å². The van der Waals surface area contributed by atoms with Gasteiger partial charge in [-0.05, 0) is 42.2 Å². The SMILES string of the molecule is COc1ccc(-c2nc3nc4c(cn3n2)C(=O)C[C@H](c2ccccc2)C4)cc1. The number of rotatable bonds is 3. The molecular weight excluding hydrogens is 352 g/mol. The van der Waals surface area contributed by atoms with Crippen LogP contribution >= 0.6 is 0 Å². The van der Waals surface area contributed by atoms with E-state index in [1.54, 1.807) is 17.8 Å². The largest absolute Gasteiger partial charge is 0.497 e. The fourth-order valence-corrected chi connectivity index (χ4v) is 3.71. The maximum atomic E-state index is 12.7. The van der Waals surface area contributed by atoms with E-state index < -0.39 is 0 Å². The fourth-order valence-electron chi connectivity index (χ4n) is 3.71. The van der Waals surface area contributed by atoms with Crippen molar-refractivity contribution in [2.24, 2.45) is 0 Å². The van der Waals surface area contributed by atoms with Gasteiger partial charge in [0.1, 0.15) is 5.75 Å². The van der Waals surface area contributed by atoms with E-state index in [-0.39, 0.29) is 11.7 Å². The third kappa shape index (κ3) is 2.83. The summed E-state index contributed by atoms with van der Waals surface area (Å²) >= 11 is 0. The quantitative estimate of drug-likeness (QED) is 0.550. The summed E-state index contributed by atoms with van der Waals surface area (Å²) < 4.78 is 6.79. The molecule has 28 heavy (non-hydrogen) atoms. The lowest BCUT2D eigenvalue weighted by molar-refractivity contribution is 0.0962. The summed E-state index contributed by atoms with van der Waals surface area (Å²) in [6.45, 7) is 0. The van der Waals surface area contributed by atoms with Crippen LogP contribution in [0.4, 0.5) is 0 Å². The molecule has 0 spiro atoms. The van der Waals surface area contributed by atoms with E-state index in [1.807, 2.05) is 42.5 Å². The van der Waals surface area contributed by atoms with Crippen molar-refractivity contribution in [2.45, 2.75) is 18.8 Å². The van der Waals surface area contributed by atoms with E-state index in [9.17, 15) is 4.79 Å². The Morgan fingerprint density at radius 2 is 1.79 bits per heavy atom. The van der Waals surface area contributed by atoms with Crippen molar-refractivity contribution in [1.29, 1.82) is 0 Å². The summed E-state index contributed by atoms with van der Waals surface area (Å²) in [5.74, 6) is 2.11. The summed E-state index contributed by atoms with van der Waals surface area (Å²) in [6, 6.07) is 17.7. The van der Waals surface area contributed by atoms with E-state index in [0.29, 0.717) is 23.6 Å². The topological polar surface area (TPSA) is 69.4 Å². The molecule has 0 saturated heterocycles. The number of hydrogen-bond acceptors (Lipinski definition) is 5. The molecule has 1 aliphatic rings. The minimum absolute atomic E-state index is 0.103. The number of methoxy groups -OCH3 is 1. The Balaban J connectivity index is 1.53. The van der Waals surface area contributed by atoms with Gasteiger partial charge in [0.25, 0.3) is 5.78 Å². The van der Waals surface area contributed by atoms with Crippen LogP contribution in [0.25, 0.3) is 17.2 Å². The molecule has 0 aliphatic heterocycles. The third-order valence-corrected chi connectivity index (χ3v) is 5.20. The van der Waals surface area contributed by atoms with Crippen LogP contribution in [0.1, 0.15) is 34.0 Å². The molecule has 2 heterocycles. The minimum atomic E-state index is 0.103. The van der Waals surface area contributed by atoms with E-state index in [0.717, 1.165) is 23.4 Å². The van der Waals surface area contributed by atoms with Crippen molar-refractivity contribution in [3.8, 4) is 17.1 Å². The lowest BCUT2D eigenvalue weighted by Gasteiger charge is -2.22. The van der Waals surface area contributed by atoms with Crippen LogP contribution in [-0.4, -0.2) is 32.5 Å². The summed E-state index contributed by atoms with van der Waals surface area (Å²) in [4.78, 5) is 22.0. The first kappa shape index (κ1) is 16.6. The number of ether oxygens (including phenoxy) is 1. The zero-order chi connectivity index (χ0) is 19.1. The highest BCUT2D eigenvalue weighted by atomic mass is 16.5. The van der Waals surface area contributed by atoms with Gasteiger partial charge in [0.05, 0.1) is 18.4 Å². The summed E-state index contributed by atoms with van der Waals surface area (Å²) in [5, 5.41) is 4.51. The smallest absolute Gasteiger partial charge is 0.252 e. The number of ketones is 1. The minimum Gasteiger partial charge on any atom is -0.497 e. The van der Waals surface area contributed by atoms with Crippen LogP contribution in [0.15, 0.2) is 60.8 Å². The van der Waals surface area contributed by atoms with Gasteiger partial charge in [0.15, 0.2) is 11.6 Å². The third-order valence-electron chi connectivity index (χ3n) is 5.20. The number of benzene rings is 2. The number of aromatic nitrogens is 4. The molecule has 0 N–H and O–H groups in total. The molecule has 2 aromatic heterocycles. The predicted octanol–water partition coefficient (Wildman–Crippen LogP) is 3.71.